The molecule has 0 aliphatic carbocycles. The van der Waals surface area contributed by atoms with Gasteiger partial charge in [0.25, 0.3) is 10.4 Å². The third kappa shape index (κ3) is 4.26. The van der Waals surface area contributed by atoms with Crippen LogP contribution in [-0.2, 0) is 16.4 Å². The van der Waals surface area contributed by atoms with Gasteiger partial charge in [0, 0.05) is 6.26 Å². The zero-order valence-electron chi connectivity index (χ0n) is 14.7. The lowest BCUT2D eigenvalue weighted by atomic mass is 10.3. The summed E-state index contributed by atoms with van der Waals surface area (Å²) in [5.74, 6) is 1.29. The van der Waals surface area contributed by atoms with Crippen molar-refractivity contribution in [1.82, 2.24) is 25.2 Å². The van der Waals surface area contributed by atoms with Crippen LogP contribution >= 0.6 is 11.3 Å². The number of tetrazole rings is 1. The van der Waals surface area contributed by atoms with E-state index in [2.05, 4.69) is 20.4 Å². The minimum absolute atomic E-state index is 0.262. The van der Waals surface area contributed by atoms with Gasteiger partial charge in [-0.25, -0.2) is 13.4 Å². The smallest absolute Gasteiger partial charge is 0.288 e. The van der Waals surface area contributed by atoms with Gasteiger partial charge in [0.2, 0.25) is 9.84 Å². The van der Waals surface area contributed by atoms with E-state index in [-0.39, 0.29) is 18.3 Å². The summed E-state index contributed by atoms with van der Waals surface area (Å²) in [7, 11) is -3.46. The lowest BCUT2D eigenvalue weighted by Crippen LogP contribution is -2.11. The monoisotopic (exact) mass is 417 g/mol. The van der Waals surface area contributed by atoms with E-state index in [1.807, 2.05) is 24.3 Å². The van der Waals surface area contributed by atoms with E-state index >= 15 is 0 Å². The standard InChI is InChI=1S/C17H15N5O4S2/c1-28(23,24)16-19-21-22(20-16)10-11-25-12-6-8-13(9-7-12)26-17-18-14-4-2-3-5-15(14)27-17/h2-9H,10-11H2,1H3. The summed E-state index contributed by atoms with van der Waals surface area (Å²) in [4.78, 5) is 5.61. The van der Waals surface area contributed by atoms with Crippen LogP contribution in [0.3, 0.4) is 0 Å². The van der Waals surface area contributed by atoms with Crippen LogP contribution in [-0.4, -0.2) is 46.5 Å². The Bertz CT molecular complexity index is 1170. The molecular formula is C17H15N5O4S2. The second-order valence-electron chi connectivity index (χ2n) is 5.81. The topological polar surface area (TPSA) is 109 Å². The van der Waals surface area contributed by atoms with Crippen molar-refractivity contribution in [3.8, 4) is 16.7 Å². The van der Waals surface area contributed by atoms with Crippen LogP contribution in [0.25, 0.3) is 10.2 Å². The van der Waals surface area contributed by atoms with Crippen molar-refractivity contribution in [2.24, 2.45) is 0 Å². The minimum atomic E-state index is -3.46. The Labute approximate surface area is 164 Å². The van der Waals surface area contributed by atoms with E-state index in [0.29, 0.717) is 16.7 Å². The van der Waals surface area contributed by atoms with Crippen molar-refractivity contribution in [3.63, 3.8) is 0 Å². The van der Waals surface area contributed by atoms with Crippen molar-refractivity contribution in [2.75, 3.05) is 12.9 Å². The van der Waals surface area contributed by atoms with Gasteiger partial charge in [0.15, 0.2) is 0 Å². The number of nitrogens with zero attached hydrogens (tertiary/aromatic N) is 5. The summed E-state index contributed by atoms with van der Waals surface area (Å²) < 4.78 is 35.1. The molecule has 0 unspecified atom stereocenters. The number of benzene rings is 2. The molecule has 0 bridgehead atoms. The van der Waals surface area contributed by atoms with E-state index in [1.54, 1.807) is 24.3 Å². The van der Waals surface area contributed by atoms with E-state index in [9.17, 15) is 8.42 Å². The first-order valence-electron chi connectivity index (χ1n) is 8.21. The predicted molar refractivity (Wildman–Crippen MR) is 103 cm³/mol. The fraction of sp³-hybridized carbons (Fsp3) is 0.176. The minimum Gasteiger partial charge on any atom is -0.492 e. The summed E-state index contributed by atoms with van der Waals surface area (Å²) >= 11 is 1.48. The highest BCUT2D eigenvalue weighted by atomic mass is 32.2. The van der Waals surface area contributed by atoms with Crippen LogP contribution in [0.4, 0.5) is 0 Å². The van der Waals surface area contributed by atoms with Gasteiger partial charge in [-0.1, -0.05) is 28.6 Å². The first kappa shape index (κ1) is 18.3. The number of rotatable bonds is 7. The van der Waals surface area contributed by atoms with Gasteiger partial charge in [-0.05, 0) is 41.6 Å². The summed E-state index contributed by atoms with van der Waals surface area (Å²) in [5, 5.41) is 11.2. The zero-order valence-corrected chi connectivity index (χ0v) is 16.4. The highest BCUT2D eigenvalue weighted by Gasteiger charge is 2.14. The molecule has 0 saturated heterocycles. The van der Waals surface area contributed by atoms with E-state index < -0.39 is 9.84 Å². The van der Waals surface area contributed by atoms with Crippen LogP contribution in [0.15, 0.2) is 53.7 Å². The molecule has 0 saturated carbocycles. The van der Waals surface area contributed by atoms with Gasteiger partial charge in [-0.3, -0.25) is 0 Å². The van der Waals surface area contributed by atoms with Crippen LogP contribution in [0, 0.1) is 0 Å². The van der Waals surface area contributed by atoms with Gasteiger partial charge in [0.1, 0.15) is 18.1 Å². The Balaban J connectivity index is 1.32. The molecule has 4 rings (SSSR count). The molecule has 0 aliphatic heterocycles. The highest BCUT2D eigenvalue weighted by Crippen LogP contribution is 2.31. The van der Waals surface area contributed by atoms with Crippen molar-refractivity contribution < 1.29 is 17.9 Å². The Morgan fingerprint density at radius 3 is 2.54 bits per heavy atom. The van der Waals surface area contributed by atoms with Crippen molar-refractivity contribution >= 4 is 31.4 Å². The van der Waals surface area contributed by atoms with Crippen LogP contribution < -0.4 is 9.47 Å². The van der Waals surface area contributed by atoms with Crippen molar-refractivity contribution in [2.45, 2.75) is 11.7 Å². The number of fused-ring (bicyclic) bond motifs is 1. The molecule has 0 spiro atoms. The third-order valence-corrected chi connectivity index (χ3v) is 5.37. The molecule has 0 N–H and O–H groups in total. The molecule has 11 heteroatoms. The number of thiazole rings is 1. The van der Waals surface area contributed by atoms with E-state index in [0.717, 1.165) is 16.5 Å². The SMILES string of the molecule is CS(=O)(=O)c1nnn(CCOc2ccc(Oc3nc4ccccc4s3)cc2)n1. The summed E-state index contributed by atoms with van der Waals surface area (Å²) in [6.07, 6.45) is 1.03. The molecule has 0 radical (unpaired) electrons. The number of hydrogen-bond acceptors (Lipinski definition) is 9. The number of aromatic nitrogens is 5. The first-order valence-corrected chi connectivity index (χ1v) is 10.9. The second-order valence-corrected chi connectivity index (χ2v) is 8.71. The Morgan fingerprint density at radius 1 is 1.07 bits per heavy atom. The molecular weight excluding hydrogens is 402 g/mol. The van der Waals surface area contributed by atoms with Crippen LogP contribution in [0.5, 0.6) is 16.7 Å². The summed E-state index contributed by atoms with van der Waals surface area (Å²) in [6, 6.07) is 15.0. The van der Waals surface area contributed by atoms with Crippen LogP contribution in [0.1, 0.15) is 0 Å². The molecule has 9 nitrogen and oxygen atoms in total. The maximum Gasteiger partial charge on any atom is 0.288 e. The second kappa shape index (κ2) is 7.52. The quantitative estimate of drug-likeness (QED) is 0.451. The molecule has 0 amide bonds. The van der Waals surface area contributed by atoms with Gasteiger partial charge in [-0.2, -0.15) is 4.80 Å². The van der Waals surface area contributed by atoms with Crippen molar-refractivity contribution in [3.05, 3.63) is 48.5 Å². The van der Waals surface area contributed by atoms with Gasteiger partial charge in [-0.15, -0.1) is 5.10 Å². The van der Waals surface area contributed by atoms with Gasteiger partial charge >= 0.3 is 0 Å². The average Bonchev–Trinajstić information content (AvgIpc) is 3.29. The number of ether oxygens (including phenoxy) is 2. The first-order chi connectivity index (χ1) is 13.5. The number of hydrogen-bond donors (Lipinski definition) is 0. The normalized spacial score (nSPS) is 11.6. The molecule has 4 aromatic rings. The van der Waals surface area contributed by atoms with E-state index in [4.69, 9.17) is 9.47 Å². The predicted octanol–water partition coefficient (Wildman–Crippen LogP) is 2.56. The highest BCUT2D eigenvalue weighted by molar-refractivity contribution is 7.90. The van der Waals surface area contributed by atoms with Gasteiger partial charge < -0.3 is 9.47 Å². The summed E-state index contributed by atoms with van der Waals surface area (Å²) in [6.45, 7) is 0.532. The maximum absolute atomic E-state index is 11.3. The van der Waals surface area contributed by atoms with Crippen molar-refractivity contribution in [1.29, 1.82) is 0 Å². The fourth-order valence-electron chi connectivity index (χ4n) is 2.32. The molecule has 144 valence electrons. The molecule has 28 heavy (non-hydrogen) atoms. The van der Waals surface area contributed by atoms with Gasteiger partial charge in [0.05, 0.1) is 16.8 Å². The Kier molecular flexibility index (Phi) is 4.92. The Hall–Kier alpha value is -3.05. The maximum atomic E-state index is 11.3. The Morgan fingerprint density at radius 2 is 1.82 bits per heavy atom. The number of para-hydroxylation sites is 1. The zero-order chi connectivity index (χ0) is 19.6. The molecule has 0 fully saturated rings. The largest absolute Gasteiger partial charge is 0.492 e. The molecule has 2 aromatic carbocycles. The third-order valence-electron chi connectivity index (χ3n) is 3.63. The molecule has 2 aromatic heterocycles. The molecule has 0 atom stereocenters. The lowest BCUT2D eigenvalue weighted by Gasteiger charge is -2.06. The lowest BCUT2D eigenvalue weighted by molar-refractivity contribution is 0.279. The van der Waals surface area contributed by atoms with Crippen LogP contribution in [0.2, 0.25) is 0 Å². The average molecular weight is 417 g/mol. The number of sulfone groups is 1. The molecule has 0 aliphatic rings. The fourth-order valence-corrected chi connectivity index (χ4v) is 3.58. The molecule has 2 heterocycles. The summed E-state index contributed by atoms with van der Waals surface area (Å²) in [5.41, 5.74) is 0.906. The van der Waals surface area contributed by atoms with E-state index in [1.165, 1.54) is 16.1 Å².